The Kier molecular flexibility index (Phi) is 6.86. The fourth-order valence-electron chi connectivity index (χ4n) is 3.89. The molecule has 0 amide bonds. The minimum Gasteiger partial charge on any atom is -0.490 e. The Bertz CT molecular complexity index is 1440. The van der Waals surface area contributed by atoms with E-state index in [4.69, 9.17) is 14.5 Å². The highest BCUT2D eigenvalue weighted by molar-refractivity contribution is 7.10. The minimum absolute atomic E-state index is 0.546. The zero-order valence-electron chi connectivity index (χ0n) is 19.7. The van der Waals surface area contributed by atoms with E-state index < -0.39 is 0 Å². The van der Waals surface area contributed by atoms with Crippen LogP contribution in [0.2, 0.25) is 0 Å². The molecule has 3 aromatic carbocycles. The quantitative estimate of drug-likeness (QED) is 0.247. The Labute approximate surface area is 208 Å². The van der Waals surface area contributed by atoms with E-state index in [0.717, 1.165) is 39.3 Å². The van der Waals surface area contributed by atoms with Crippen LogP contribution in [0.1, 0.15) is 24.4 Å². The molecule has 176 valence electrons. The van der Waals surface area contributed by atoms with Crippen molar-refractivity contribution < 1.29 is 9.47 Å². The van der Waals surface area contributed by atoms with Crippen molar-refractivity contribution >= 4 is 33.7 Å². The number of nitrogens with zero attached hydrogens (tertiary/aromatic N) is 3. The number of benzene rings is 3. The molecule has 2 aromatic heterocycles. The molecular formula is C28H26N4O2S. The van der Waals surface area contributed by atoms with Gasteiger partial charge in [0, 0.05) is 34.5 Å². The molecule has 5 rings (SSSR count). The zero-order chi connectivity index (χ0) is 24.0. The summed E-state index contributed by atoms with van der Waals surface area (Å²) in [5.74, 6) is 2.07. The van der Waals surface area contributed by atoms with Gasteiger partial charge < -0.3 is 14.8 Å². The summed E-state index contributed by atoms with van der Waals surface area (Å²) in [6.07, 6.45) is 2.39. The predicted octanol–water partition coefficient (Wildman–Crippen LogP) is 6.89. The molecule has 0 aliphatic carbocycles. The maximum atomic E-state index is 5.81. The van der Waals surface area contributed by atoms with Crippen molar-refractivity contribution in [2.45, 2.75) is 20.3 Å². The number of ether oxygens (including phenoxy) is 2. The lowest BCUT2D eigenvalue weighted by atomic mass is 10.1. The Morgan fingerprint density at radius 3 is 2.46 bits per heavy atom. The fourth-order valence-corrected chi connectivity index (χ4v) is 4.73. The standard InChI is InChI=1S/C28H26N4O2S/c1-3-33-25-15-22-23(16-26(25)34-4-2)29-18-30-28(22)31-21-12-8-11-20(14-21)24-17-35-27(32-24)13-19-9-6-5-7-10-19/h5-12,14-18H,3-4,13H2,1-2H3,(H,29,30,31). The van der Waals surface area contributed by atoms with Crippen molar-refractivity contribution in [1.82, 2.24) is 15.0 Å². The van der Waals surface area contributed by atoms with Crippen molar-refractivity contribution in [2.24, 2.45) is 0 Å². The average molecular weight is 483 g/mol. The van der Waals surface area contributed by atoms with Gasteiger partial charge in [-0.05, 0) is 37.6 Å². The zero-order valence-corrected chi connectivity index (χ0v) is 20.5. The second-order valence-corrected chi connectivity index (χ2v) is 8.84. The number of fused-ring (bicyclic) bond motifs is 1. The summed E-state index contributed by atoms with van der Waals surface area (Å²) in [4.78, 5) is 13.8. The van der Waals surface area contributed by atoms with Gasteiger partial charge in [0.05, 0.1) is 29.4 Å². The molecule has 0 saturated carbocycles. The van der Waals surface area contributed by atoms with Gasteiger partial charge in [-0.2, -0.15) is 0 Å². The van der Waals surface area contributed by atoms with E-state index in [9.17, 15) is 0 Å². The van der Waals surface area contributed by atoms with Crippen LogP contribution in [0.3, 0.4) is 0 Å². The van der Waals surface area contributed by atoms with E-state index in [2.05, 4.69) is 57.1 Å². The molecule has 35 heavy (non-hydrogen) atoms. The van der Waals surface area contributed by atoms with Crippen LogP contribution in [0.4, 0.5) is 11.5 Å². The Morgan fingerprint density at radius 1 is 0.857 bits per heavy atom. The van der Waals surface area contributed by atoms with Gasteiger partial charge in [-0.1, -0.05) is 42.5 Å². The van der Waals surface area contributed by atoms with Gasteiger partial charge in [0.2, 0.25) is 0 Å². The van der Waals surface area contributed by atoms with Crippen LogP contribution < -0.4 is 14.8 Å². The van der Waals surface area contributed by atoms with Crippen molar-refractivity contribution in [1.29, 1.82) is 0 Å². The first-order chi connectivity index (χ1) is 17.2. The highest BCUT2D eigenvalue weighted by Gasteiger charge is 2.13. The summed E-state index contributed by atoms with van der Waals surface area (Å²) in [5.41, 5.74) is 5.00. The lowest BCUT2D eigenvalue weighted by molar-refractivity contribution is 0.288. The molecule has 2 heterocycles. The number of thiazole rings is 1. The number of nitrogens with one attached hydrogen (secondary N) is 1. The maximum absolute atomic E-state index is 5.81. The van der Waals surface area contributed by atoms with Crippen molar-refractivity contribution in [3.05, 3.63) is 89.0 Å². The van der Waals surface area contributed by atoms with Gasteiger partial charge in [-0.3, -0.25) is 0 Å². The third-order valence-corrected chi connectivity index (χ3v) is 6.32. The van der Waals surface area contributed by atoms with Gasteiger partial charge in [0.15, 0.2) is 11.5 Å². The molecule has 0 atom stereocenters. The molecule has 5 aromatic rings. The summed E-state index contributed by atoms with van der Waals surface area (Å²) >= 11 is 1.68. The molecule has 0 radical (unpaired) electrons. The molecule has 0 aliphatic heterocycles. The Hall–Kier alpha value is -3.97. The van der Waals surface area contributed by atoms with Gasteiger partial charge in [0.25, 0.3) is 0 Å². The molecule has 0 saturated heterocycles. The van der Waals surface area contributed by atoms with Gasteiger partial charge in [0.1, 0.15) is 12.1 Å². The molecular weight excluding hydrogens is 456 g/mol. The molecule has 0 aliphatic rings. The van der Waals surface area contributed by atoms with E-state index >= 15 is 0 Å². The molecule has 0 spiro atoms. The molecule has 0 fully saturated rings. The third-order valence-electron chi connectivity index (χ3n) is 5.47. The summed E-state index contributed by atoms with van der Waals surface area (Å²) in [6, 6.07) is 22.5. The maximum Gasteiger partial charge on any atom is 0.163 e. The minimum atomic E-state index is 0.546. The smallest absolute Gasteiger partial charge is 0.163 e. The molecule has 6 nitrogen and oxygen atoms in total. The topological polar surface area (TPSA) is 69.2 Å². The Balaban J connectivity index is 1.41. The Morgan fingerprint density at radius 2 is 1.66 bits per heavy atom. The molecule has 7 heteroatoms. The number of aromatic nitrogens is 3. The van der Waals surface area contributed by atoms with E-state index in [0.29, 0.717) is 30.5 Å². The van der Waals surface area contributed by atoms with Crippen LogP contribution in [0.15, 0.2) is 78.4 Å². The second-order valence-electron chi connectivity index (χ2n) is 7.90. The number of hydrogen-bond acceptors (Lipinski definition) is 7. The monoisotopic (exact) mass is 482 g/mol. The van der Waals surface area contributed by atoms with E-state index in [1.807, 2.05) is 44.2 Å². The number of anilines is 2. The molecule has 1 N–H and O–H groups in total. The van der Waals surface area contributed by atoms with Crippen LogP contribution in [-0.2, 0) is 6.42 Å². The SMILES string of the molecule is CCOc1cc2ncnc(Nc3cccc(-c4csc(Cc5ccccc5)n4)c3)c2cc1OCC. The summed E-state index contributed by atoms with van der Waals surface area (Å²) in [7, 11) is 0. The van der Waals surface area contributed by atoms with Gasteiger partial charge >= 0.3 is 0 Å². The lowest BCUT2D eigenvalue weighted by Gasteiger charge is -2.14. The van der Waals surface area contributed by atoms with E-state index in [1.165, 1.54) is 5.56 Å². The van der Waals surface area contributed by atoms with Crippen LogP contribution in [0, 0.1) is 0 Å². The third kappa shape index (κ3) is 5.25. The highest BCUT2D eigenvalue weighted by atomic mass is 32.1. The first-order valence-electron chi connectivity index (χ1n) is 11.6. The summed E-state index contributed by atoms with van der Waals surface area (Å²) in [6.45, 7) is 5.00. The van der Waals surface area contributed by atoms with Crippen LogP contribution in [-0.4, -0.2) is 28.2 Å². The first kappa shape index (κ1) is 22.8. The summed E-state index contributed by atoms with van der Waals surface area (Å²) in [5, 5.41) is 7.53. The summed E-state index contributed by atoms with van der Waals surface area (Å²) < 4.78 is 11.6. The molecule has 0 unspecified atom stereocenters. The normalized spacial score (nSPS) is 10.9. The fraction of sp³-hybridized carbons (Fsp3) is 0.179. The van der Waals surface area contributed by atoms with Crippen molar-refractivity contribution in [3.8, 4) is 22.8 Å². The highest BCUT2D eigenvalue weighted by Crippen LogP contribution is 2.35. The molecule has 0 bridgehead atoms. The van der Waals surface area contributed by atoms with Crippen LogP contribution in [0.25, 0.3) is 22.2 Å². The lowest BCUT2D eigenvalue weighted by Crippen LogP contribution is -2.01. The van der Waals surface area contributed by atoms with E-state index in [-0.39, 0.29) is 0 Å². The predicted molar refractivity (Wildman–Crippen MR) is 142 cm³/mol. The van der Waals surface area contributed by atoms with Gasteiger partial charge in [-0.25, -0.2) is 15.0 Å². The van der Waals surface area contributed by atoms with Crippen LogP contribution in [0.5, 0.6) is 11.5 Å². The number of rotatable bonds is 9. The van der Waals surface area contributed by atoms with Crippen molar-refractivity contribution in [2.75, 3.05) is 18.5 Å². The number of hydrogen-bond donors (Lipinski definition) is 1. The van der Waals surface area contributed by atoms with Crippen molar-refractivity contribution in [3.63, 3.8) is 0 Å². The van der Waals surface area contributed by atoms with E-state index in [1.54, 1.807) is 17.7 Å². The average Bonchev–Trinajstić information content (AvgIpc) is 3.34. The van der Waals surface area contributed by atoms with Gasteiger partial charge in [-0.15, -0.1) is 11.3 Å². The largest absolute Gasteiger partial charge is 0.490 e. The second kappa shape index (κ2) is 10.5. The first-order valence-corrected chi connectivity index (χ1v) is 12.5. The van der Waals surface area contributed by atoms with Crippen LogP contribution >= 0.6 is 11.3 Å².